The van der Waals surface area contributed by atoms with Crippen molar-refractivity contribution in [1.29, 1.82) is 0 Å². The molecule has 0 spiro atoms. The molecule has 0 amide bonds. The van der Waals surface area contributed by atoms with E-state index < -0.39 is 38.1 Å². The van der Waals surface area contributed by atoms with Gasteiger partial charge in [-0.15, -0.1) is 0 Å². The van der Waals surface area contributed by atoms with E-state index in [2.05, 4.69) is 20.4 Å². The number of benzene rings is 1. The Balaban J connectivity index is 1.71. The molecule has 0 bridgehead atoms. The first-order chi connectivity index (χ1) is 17.6. The average molecular weight is 540 g/mol. The molecule has 1 unspecified atom stereocenters. The van der Waals surface area contributed by atoms with Gasteiger partial charge in [-0.3, -0.25) is 14.3 Å². The van der Waals surface area contributed by atoms with Crippen LogP contribution in [0.2, 0.25) is 0 Å². The fourth-order valence-electron chi connectivity index (χ4n) is 3.44. The SMILES string of the molecule is CO[C@H](COP(=O)(N[C@H](C)C(=O)OC(C)C)Oc1ccccc1)[C@@H](O)Cn1cnc2c1NC=NC[C@H]2O. The molecule has 4 N–H and O–H groups in total. The van der Waals surface area contributed by atoms with E-state index >= 15 is 0 Å². The second-order valence-electron chi connectivity index (χ2n) is 8.66. The third-order valence-corrected chi connectivity index (χ3v) is 6.95. The van der Waals surface area contributed by atoms with E-state index in [1.165, 1.54) is 26.7 Å². The van der Waals surface area contributed by atoms with Gasteiger partial charge in [-0.1, -0.05) is 18.2 Å². The Hall–Kier alpha value is -2.80. The number of carbonyl (C=O) groups is 1. The lowest BCUT2D eigenvalue weighted by Crippen LogP contribution is -2.39. The van der Waals surface area contributed by atoms with Crippen molar-refractivity contribution >= 4 is 25.9 Å². The van der Waals surface area contributed by atoms with E-state index in [1.54, 1.807) is 48.7 Å². The highest BCUT2D eigenvalue weighted by molar-refractivity contribution is 7.52. The molecule has 0 radical (unpaired) electrons. The van der Waals surface area contributed by atoms with Gasteiger partial charge in [-0.2, -0.15) is 5.09 Å². The van der Waals surface area contributed by atoms with Crippen molar-refractivity contribution in [3.63, 3.8) is 0 Å². The van der Waals surface area contributed by atoms with E-state index in [0.717, 1.165) is 0 Å². The highest BCUT2D eigenvalue weighted by atomic mass is 31.2. The molecular formula is C23H34N5O8P. The third-order valence-electron chi connectivity index (χ3n) is 5.30. The number of anilines is 1. The van der Waals surface area contributed by atoms with Crippen molar-refractivity contribution in [3.05, 3.63) is 42.4 Å². The van der Waals surface area contributed by atoms with Gasteiger partial charge in [0.05, 0.1) is 38.5 Å². The van der Waals surface area contributed by atoms with Crippen LogP contribution in [-0.2, 0) is 29.9 Å². The molecule has 0 saturated heterocycles. The molecule has 0 aliphatic carbocycles. The number of esters is 1. The molecule has 2 heterocycles. The van der Waals surface area contributed by atoms with Gasteiger partial charge in [-0.05, 0) is 32.9 Å². The van der Waals surface area contributed by atoms with Crippen molar-refractivity contribution in [2.45, 2.75) is 57.8 Å². The van der Waals surface area contributed by atoms with E-state index in [-0.39, 0.29) is 31.5 Å². The maximum Gasteiger partial charge on any atom is 0.459 e. The Labute approximate surface area is 215 Å². The number of imidazole rings is 1. The van der Waals surface area contributed by atoms with Crippen LogP contribution in [-0.4, -0.2) is 76.7 Å². The van der Waals surface area contributed by atoms with Crippen molar-refractivity contribution in [2.75, 3.05) is 25.6 Å². The van der Waals surface area contributed by atoms with Gasteiger partial charge in [0.2, 0.25) is 0 Å². The molecule has 1 aliphatic rings. The Bertz CT molecular complexity index is 1100. The van der Waals surface area contributed by atoms with Crippen LogP contribution in [0.15, 0.2) is 41.7 Å². The lowest BCUT2D eigenvalue weighted by atomic mass is 10.2. The van der Waals surface area contributed by atoms with E-state index in [4.69, 9.17) is 18.5 Å². The summed E-state index contributed by atoms with van der Waals surface area (Å²) in [5, 5.41) is 26.6. The summed E-state index contributed by atoms with van der Waals surface area (Å²) in [7, 11) is -2.75. The summed E-state index contributed by atoms with van der Waals surface area (Å²) in [6, 6.07) is 7.33. The first-order valence-electron chi connectivity index (χ1n) is 11.8. The standard InChI is InChI=1S/C23H34N5O8P/c1-15(2)35-23(31)16(3)27-37(32,36-17-8-6-5-7-9-17)34-12-20(33-4)19(30)11-28-14-26-21-18(29)10-24-13-25-22(21)28/h5-9,13-16,18-20,29-30H,10-12H2,1-4H3,(H,24,25)(H,27,32)/t16-,18-,19+,20-,37?/m1/s1. The van der Waals surface area contributed by atoms with Crippen molar-refractivity contribution < 1.29 is 38.1 Å². The molecule has 1 aromatic heterocycles. The van der Waals surface area contributed by atoms with Crippen LogP contribution < -0.4 is 14.9 Å². The molecule has 3 rings (SSSR count). The fraction of sp³-hybridized carbons (Fsp3) is 0.522. The second kappa shape index (κ2) is 13.1. The lowest BCUT2D eigenvalue weighted by Gasteiger charge is -2.27. The van der Waals surface area contributed by atoms with Gasteiger partial charge in [0.25, 0.3) is 0 Å². The van der Waals surface area contributed by atoms with Gasteiger partial charge >= 0.3 is 13.7 Å². The molecule has 37 heavy (non-hydrogen) atoms. The maximum atomic E-state index is 13.6. The topological polar surface area (TPSA) is 166 Å². The van der Waals surface area contributed by atoms with Crippen LogP contribution in [0.3, 0.4) is 0 Å². The van der Waals surface area contributed by atoms with Gasteiger partial charge in [0, 0.05) is 7.11 Å². The number of aromatic nitrogens is 2. The highest BCUT2D eigenvalue weighted by Gasteiger charge is 2.35. The first-order valence-corrected chi connectivity index (χ1v) is 13.3. The number of para-hydroxylation sites is 1. The van der Waals surface area contributed by atoms with Crippen LogP contribution >= 0.6 is 7.75 Å². The van der Waals surface area contributed by atoms with Crippen LogP contribution in [0, 0.1) is 0 Å². The van der Waals surface area contributed by atoms with Crippen LogP contribution in [0.4, 0.5) is 5.82 Å². The summed E-state index contributed by atoms with van der Waals surface area (Å²) < 4.78 is 37.1. The number of ether oxygens (including phenoxy) is 2. The maximum absolute atomic E-state index is 13.6. The molecule has 204 valence electrons. The number of hydrogen-bond acceptors (Lipinski definition) is 11. The van der Waals surface area contributed by atoms with Crippen LogP contribution in [0.1, 0.15) is 32.6 Å². The van der Waals surface area contributed by atoms with E-state index in [0.29, 0.717) is 11.5 Å². The van der Waals surface area contributed by atoms with Crippen molar-refractivity contribution in [2.24, 2.45) is 4.99 Å². The number of nitrogens with zero attached hydrogens (tertiary/aromatic N) is 3. The monoisotopic (exact) mass is 539 g/mol. The number of aliphatic hydroxyl groups is 2. The minimum absolute atomic E-state index is 0.0200. The molecule has 13 nitrogen and oxygen atoms in total. The number of aliphatic imine (C=N–C) groups is 1. The number of hydrogen-bond donors (Lipinski definition) is 4. The Morgan fingerprint density at radius 2 is 2.03 bits per heavy atom. The van der Waals surface area contributed by atoms with Crippen molar-refractivity contribution in [3.8, 4) is 5.75 Å². The molecule has 0 fully saturated rings. The van der Waals surface area contributed by atoms with Crippen LogP contribution in [0.25, 0.3) is 0 Å². The molecule has 0 saturated carbocycles. The van der Waals surface area contributed by atoms with Gasteiger partial charge < -0.3 is 34.1 Å². The minimum Gasteiger partial charge on any atom is -0.462 e. The first kappa shape index (κ1) is 28.8. The average Bonchev–Trinajstić information content (AvgIpc) is 3.14. The predicted octanol–water partition coefficient (Wildman–Crippen LogP) is 1.88. The molecular weight excluding hydrogens is 505 g/mol. The molecule has 2 aromatic rings. The largest absolute Gasteiger partial charge is 0.462 e. The van der Waals surface area contributed by atoms with Crippen LogP contribution in [0.5, 0.6) is 5.75 Å². The highest BCUT2D eigenvalue weighted by Crippen LogP contribution is 2.45. The summed E-state index contributed by atoms with van der Waals surface area (Å²) in [4.78, 5) is 20.5. The molecule has 14 heteroatoms. The Kier molecular flexibility index (Phi) is 10.2. The van der Waals surface area contributed by atoms with Gasteiger partial charge in [0.1, 0.15) is 41.6 Å². The quantitative estimate of drug-likeness (QED) is 0.217. The van der Waals surface area contributed by atoms with Gasteiger partial charge in [0.15, 0.2) is 0 Å². The third kappa shape index (κ3) is 8.09. The summed E-state index contributed by atoms with van der Waals surface area (Å²) in [6.07, 6.45) is -0.377. The van der Waals surface area contributed by atoms with E-state index in [9.17, 15) is 19.6 Å². The molecule has 1 aromatic carbocycles. The lowest BCUT2D eigenvalue weighted by molar-refractivity contribution is -0.149. The van der Waals surface area contributed by atoms with Crippen molar-refractivity contribution in [1.82, 2.24) is 14.6 Å². The smallest absolute Gasteiger partial charge is 0.459 e. The molecule has 5 atom stereocenters. The number of carbonyl (C=O) groups excluding carboxylic acids is 1. The zero-order valence-electron chi connectivity index (χ0n) is 21.2. The van der Waals surface area contributed by atoms with Gasteiger partial charge in [-0.25, -0.2) is 9.55 Å². The zero-order chi connectivity index (χ0) is 27.0. The predicted molar refractivity (Wildman–Crippen MR) is 135 cm³/mol. The number of methoxy groups -OCH3 is 1. The summed E-state index contributed by atoms with van der Waals surface area (Å²) in [5.41, 5.74) is 0.405. The number of nitrogens with one attached hydrogen (secondary N) is 2. The van der Waals surface area contributed by atoms with E-state index in [1.807, 2.05) is 0 Å². The second-order valence-corrected chi connectivity index (χ2v) is 10.4. The zero-order valence-corrected chi connectivity index (χ0v) is 22.1. The number of aliphatic hydroxyl groups excluding tert-OH is 2. The fourth-order valence-corrected chi connectivity index (χ4v) is 4.95. The number of rotatable bonds is 13. The normalized spacial score (nSPS) is 19.2. The Morgan fingerprint density at radius 1 is 1.30 bits per heavy atom. The molecule has 1 aliphatic heterocycles. The summed E-state index contributed by atoms with van der Waals surface area (Å²) >= 11 is 0. The summed E-state index contributed by atoms with van der Waals surface area (Å²) in [6.45, 7) is 4.73. The summed E-state index contributed by atoms with van der Waals surface area (Å²) in [5.74, 6) is 0.114. The Morgan fingerprint density at radius 3 is 2.70 bits per heavy atom. The minimum atomic E-state index is -4.13. The number of fused-ring (bicyclic) bond motifs is 1.